The lowest BCUT2D eigenvalue weighted by molar-refractivity contribution is 0.394. The maximum Gasteiger partial charge on any atom is 0.134 e. The van der Waals surface area contributed by atoms with Crippen molar-refractivity contribution in [2.45, 2.75) is 0 Å². The molecule has 0 aliphatic carbocycles. The molecular weight excluding hydrogens is 378 g/mol. The molecule has 2 aromatic heterocycles. The predicted molar refractivity (Wildman–Crippen MR) is 122 cm³/mol. The number of aromatic nitrogens is 2. The minimum Gasteiger partial charge on any atom is -0.497 e. The van der Waals surface area contributed by atoms with E-state index in [-0.39, 0.29) is 0 Å². The molecule has 7 heteroatoms. The predicted octanol–water partition coefficient (Wildman–Crippen LogP) is 3.42. The molecule has 0 amide bonds. The Kier molecular flexibility index (Phi) is 6.50. The van der Waals surface area contributed by atoms with Crippen LogP contribution in [0.15, 0.2) is 53.8 Å². The second-order valence-corrected chi connectivity index (χ2v) is 6.30. The normalized spacial score (nSPS) is 11.5. The van der Waals surface area contributed by atoms with E-state index in [1.165, 1.54) is 6.20 Å². The Bertz CT molecular complexity index is 1130. The van der Waals surface area contributed by atoms with Gasteiger partial charge in [-0.15, -0.1) is 6.42 Å². The topological polar surface area (TPSA) is 85.9 Å². The van der Waals surface area contributed by atoms with E-state index in [0.717, 1.165) is 22.3 Å². The number of ether oxygens (including phenoxy) is 2. The Morgan fingerprint density at radius 3 is 2.50 bits per heavy atom. The minimum atomic E-state index is 0.318. The zero-order chi connectivity index (χ0) is 21.5. The maximum atomic E-state index is 5.73. The van der Waals surface area contributed by atoms with Crippen LogP contribution in [0.2, 0.25) is 0 Å². The molecule has 1 aromatic carbocycles. The highest BCUT2D eigenvalue weighted by atomic mass is 16.5. The Balaban J connectivity index is 2.11. The van der Waals surface area contributed by atoms with Crippen molar-refractivity contribution < 1.29 is 9.47 Å². The van der Waals surface area contributed by atoms with Crippen molar-refractivity contribution in [3.8, 4) is 23.8 Å². The van der Waals surface area contributed by atoms with E-state index < -0.39 is 0 Å². The van der Waals surface area contributed by atoms with Crippen LogP contribution in [-0.4, -0.2) is 44.0 Å². The van der Waals surface area contributed by atoms with Crippen LogP contribution >= 0.6 is 0 Å². The van der Waals surface area contributed by atoms with Gasteiger partial charge >= 0.3 is 0 Å². The molecule has 3 aromatic rings. The number of hydrogen-bond donors (Lipinski definition) is 1. The average Bonchev–Trinajstić information content (AvgIpc) is 2.79. The van der Waals surface area contributed by atoms with Gasteiger partial charge in [-0.05, 0) is 18.2 Å². The Hall–Kier alpha value is -4.05. The molecule has 0 unspecified atom stereocenters. The van der Waals surface area contributed by atoms with E-state index in [4.69, 9.17) is 26.6 Å². The van der Waals surface area contributed by atoms with Gasteiger partial charge in [0.25, 0.3) is 0 Å². The third kappa shape index (κ3) is 4.33. The number of hydrogen-bond acceptors (Lipinski definition) is 7. The fourth-order valence-electron chi connectivity index (χ4n) is 3.00. The van der Waals surface area contributed by atoms with Crippen LogP contribution in [-0.2, 0) is 0 Å². The van der Waals surface area contributed by atoms with Crippen molar-refractivity contribution in [2.24, 2.45) is 10.7 Å². The van der Waals surface area contributed by atoms with Crippen LogP contribution in [0.25, 0.3) is 16.6 Å². The fourth-order valence-corrected chi connectivity index (χ4v) is 3.00. The third-order valence-electron chi connectivity index (χ3n) is 4.48. The lowest BCUT2D eigenvalue weighted by atomic mass is 10.1. The highest BCUT2D eigenvalue weighted by Crippen LogP contribution is 2.32. The van der Waals surface area contributed by atoms with Gasteiger partial charge in [0.05, 0.1) is 37.5 Å². The molecular formula is C23H23N5O2. The molecule has 0 saturated carbocycles. The standard InChI is InChI=1S/C23H23N5O2/c1-5-8-28(18-10-19(29-3)12-20(11-18)30-4)23-7-6-21-22(27-23)9-16(15-26-21)17(13-24)14-25-2/h1,6-7,9-15H,8,24H2,2-4H3. The van der Waals surface area contributed by atoms with Gasteiger partial charge in [0.1, 0.15) is 17.3 Å². The van der Waals surface area contributed by atoms with Gasteiger partial charge in [0.2, 0.25) is 0 Å². The summed E-state index contributed by atoms with van der Waals surface area (Å²) in [6.45, 7) is 0.318. The van der Waals surface area contributed by atoms with E-state index in [1.807, 2.05) is 35.2 Å². The van der Waals surface area contributed by atoms with E-state index in [9.17, 15) is 0 Å². The molecule has 7 nitrogen and oxygen atoms in total. The molecule has 0 bridgehead atoms. The van der Waals surface area contributed by atoms with Gasteiger partial charge in [-0.25, -0.2) is 4.98 Å². The molecule has 0 atom stereocenters. The Morgan fingerprint density at radius 2 is 1.90 bits per heavy atom. The first-order chi connectivity index (χ1) is 14.6. The summed E-state index contributed by atoms with van der Waals surface area (Å²) in [5, 5.41) is 0. The summed E-state index contributed by atoms with van der Waals surface area (Å²) in [4.78, 5) is 15.2. The van der Waals surface area contributed by atoms with Crippen LogP contribution in [0.5, 0.6) is 11.5 Å². The van der Waals surface area contributed by atoms with Crippen molar-refractivity contribution in [2.75, 3.05) is 32.7 Å². The number of nitrogens with two attached hydrogens (primary N) is 1. The lowest BCUT2D eigenvalue weighted by Gasteiger charge is -2.23. The quantitative estimate of drug-likeness (QED) is 0.482. The Morgan fingerprint density at radius 1 is 1.17 bits per heavy atom. The molecule has 0 radical (unpaired) electrons. The van der Waals surface area contributed by atoms with Crippen LogP contribution in [0, 0.1) is 12.3 Å². The van der Waals surface area contributed by atoms with E-state index in [0.29, 0.717) is 29.4 Å². The molecule has 2 heterocycles. The summed E-state index contributed by atoms with van der Waals surface area (Å²) in [6, 6.07) is 11.3. The van der Waals surface area contributed by atoms with E-state index >= 15 is 0 Å². The van der Waals surface area contributed by atoms with Gasteiger partial charge in [0.15, 0.2) is 0 Å². The van der Waals surface area contributed by atoms with Crippen molar-refractivity contribution in [1.29, 1.82) is 0 Å². The summed E-state index contributed by atoms with van der Waals surface area (Å²) in [5.74, 6) is 4.69. The van der Waals surface area contributed by atoms with Crippen molar-refractivity contribution in [3.63, 3.8) is 0 Å². The highest BCUT2D eigenvalue weighted by molar-refractivity contribution is 6.10. The number of benzene rings is 1. The number of methoxy groups -OCH3 is 2. The van der Waals surface area contributed by atoms with Gasteiger partial charge < -0.3 is 20.1 Å². The number of allylic oxidation sites excluding steroid dienone is 1. The number of pyridine rings is 2. The zero-order valence-electron chi connectivity index (χ0n) is 17.2. The van der Waals surface area contributed by atoms with Gasteiger partial charge in [-0.3, -0.25) is 9.98 Å². The number of rotatable bonds is 7. The van der Waals surface area contributed by atoms with Gasteiger partial charge in [0, 0.05) is 55.0 Å². The monoisotopic (exact) mass is 401 g/mol. The zero-order valence-corrected chi connectivity index (χ0v) is 17.2. The smallest absolute Gasteiger partial charge is 0.134 e. The highest BCUT2D eigenvalue weighted by Gasteiger charge is 2.14. The molecule has 0 spiro atoms. The molecule has 3 rings (SSSR count). The number of aliphatic imine (C=N–C) groups is 1. The summed E-state index contributed by atoms with van der Waals surface area (Å²) >= 11 is 0. The Labute approximate surface area is 175 Å². The SMILES string of the molecule is C#CCN(c1cc(OC)cc(OC)c1)c1ccc2ncc(C(C=NC)=CN)cc2n1. The minimum absolute atomic E-state index is 0.318. The number of fused-ring (bicyclic) bond motifs is 1. The van der Waals surface area contributed by atoms with Crippen molar-refractivity contribution in [1.82, 2.24) is 9.97 Å². The summed E-state index contributed by atoms with van der Waals surface area (Å²) < 4.78 is 10.8. The van der Waals surface area contributed by atoms with E-state index in [1.54, 1.807) is 39.7 Å². The van der Waals surface area contributed by atoms with Gasteiger partial charge in [-0.1, -0.05) is 5.92 Å². The molecule has 0 fully saturated rings. The first kappa shape index (κ1) is 20.7. The first-order valence-corrected chi connectivity index (χ1v) is 9.18. The second kappa shape index (κ2) is 9.43. The number of nitrogens with zero attached hydrogens (tertiary/aromatic N) is 4. The number of anilines is 2. The number of terminal acetylenes is 1. The third-order valence-corrected chi connectivity index (χ3v) is 4.48. The first-order valence-electron chi connectivity index (χ1n) is 9.18. The molecule has 0 aliphatic rings. The molecule has 0 saturated heterocycles. The van der Waals surface area contributed by atoms with E-state index in [2.05, 4.69) is 15.9 Å². The van der Waals surface area contributed by atoms with Crippen molar-refractivity contribution >= 4 is 34.3 Å². The molecule has 0 aliphatic heterocycles. The maximum absolute atomic E-state index is 5.73. The van der Waals surface area contributed by atoms with Crippen LogP contribution in [0.4, 0.5) is 11.5 Å². The summed E-state index contributed by atoms with van der Waals surface area (Å²) in [6.07, 6.45) is 10.6. The average molecular weight is 401 g/mol. The van der Waals surface area contributed by atoms with Crippen LogP contribution in [0.1, 0.15) is 5.56 Å². The second-order valence-electron chi connectivity index (χ2n) is 6.30. The molecule has 30 heavy (non-hydrogen) atoms. The largest absolute Gasteiger partial charge is 0.497 e. The van der Waals surface area contributed by atoms with Gasteiger partial charge in [-0.2, -0.15) is 0 Å². The molecule has 152 valence electrons. The summed E-state index contributed by atoms with van der Waals surface area (Å²) in [7, 11) is 4.90. The summed E-state index contributed by atoms with van der Waals surface area (Å²) in [5.41, 5.74) is 9.59. The van der Waals surface area contributed by atoms with Crippen molar-refractivity contribution in [3.05, 3.63) is 54.4 Å². The fraction of sp³-hybridized carbons (Fsp3) is 0.174. The van der Waals surface area contributed by atoms with Crippen LogP contribution < -0.4 is 20.1 Å². The lowest BCUT2D eigenvalue weighted by Crippen LogP contribution is -2.18. The molecule has 2 N–H and O–H groups in total. The van der Waals surface area contributed by atoms with Crippen LogP contribution in [0.3, 0.4) is 0 Å².